The van der Waals surface area contributed by atoms with Gasteiger partial charge in [-0.15, -0.1) is 22.7 Å². The lowest BCUT2D eigenvalue weighted by atomic mass is 9.89. The maximum atomic E-state index is 2.54. The van der Waals surface area contributed by atoms with E-state index in [0.717, 1.165) is 0 Å². The van der Waals surface area contributed by atoms with Crippen LogP contribution in [0.2, 0.25) is 0 Å². The van der Waals surface area contributed by atoms with Crippen molar-refractivity contribution >= 4 is 139 Å². The van der Waals surface area contributed by atoms with Gasteiger partial charge in [0.2, 0.25) is 0 Å². The molecule has 0 aliphatic carbocycles. The van der Waals surface area contributed by atoms with Crippen molar-refractivity contribution in [1.82, 2.24) is 9.13 Å². The summed E-state index contributed by atoms with van der Waals surface area (Å²) < 4.78 is 10.3. The molecule has 0 aliphatic heterocycles. The topological polar surface area (TPSA) is 9.86 Å². The summed E-state index contributed by atoms with van der Waals surface area (Å²) in [4.78, 5) is 0. The fourth-order valence-electron chi connectivity index (χ4n) is 10.3. The van der Waals surface area contributed by atoms with E-state index in [9.17, 15) is 0 Å². The summed E-state index contributed by atoms with van der Waals surface area (Å²) in [5.74, 6) is 0. The molecule has 14 aromatic rings. The molecule has 0 bridgehead atoms. The SMILES string of the molecule is c1ccc2c(c1)sc1cc(-n3c4ccccc4c4c5c6ccccc6c6c(c7ccccc7n6-c6ccc7c(c6)sc6ccccc67)c5c5ccccc5c43)ccc12. The van der Waals surface area contributed by atoms with Gasteiger partial charge in [-0.05, 0) is 59.3 Å². The van der Waals surface area contributed by atoms with Crippen LogP contribution in [0.15, 0.2) is 182 Å². The van der Waals surface area contributed by atoms with Gasteiger partial charge in [0.25, 0.3) is 0 Å². The largest absolute Gasteiger partial charge is 0.309 e. The predicted octanol–water partition coefficient (Wildman–Crippen LogP) is 16.1. The normalized spacial score (nSPS) is 12.5. The molecule has 2 nitrogen and oxygen atoms in total. The lowest BCUT2D eigenvalue weighted by Crippen LogP contribution is -1.96. The van der Waals surface area contributed by atoms with Crippen molar-refractivity contribution < 1.29 is 0 Å². The first-order chi connectivity index (χ1) is 28.8. The molecule has 4 aromatic heterocycles. The van der Waals surface area contributed by atoms with Crippen molar-refractivity contribution in [2.24, 2.45) is 0 Å². The van der Waals surface area contributed by atoms with Crippen LogP contribution in [0.3, 0.4) is 0 Å². The highest BCUT2D eigenvalue weighted by Gasteiger charge is 2.26. The maximum Gasteiger partial charge on any atom is 0.0626 e. The summed E-state index contributed by atoms with van der Waals surface area (Å²) in [5.41, 5.74) is 7.33. The van der Waals surface area contributed by atoms with Crippen LogP contribution in [0, 0.1) is 0 Å². The van der Waals surface area contributed by atoms with E-state index in [1.807, 2.05) is 22.7 Å². The Morgan fingerprint density at radius 2 is 0.603 bits per heavy atom. The lowest BCUT2D eigenvalue weighted by Gasteiger charge is -2.16. The average molecular weight is 771 g/mol. The summed E-state index contributed by atoms with van der Waals surface area (Å²) in [6, 6.07) is 68.1. The van der Waals surface area contributed by atoms with Crippen LogP contribution < -0.4 is 0 Å². The zero-order chi connectivity index (χ0) is 37.6. The van der Waals surface area contributed by atoms with E-state index in [1.54, 1.807) is 0 Å². The Morgan fingerprint density at radius 1 is 0.259 bits per heavy atom. The third-order valence-corrected chi connectivity index (χ3v) is 14.9. The fraction of sp³-hybridized carbons (Fsp3) is 0. The minimum absolute atomic E-state index is 1.19. The summed E-state index contributed by atoms with van der Waals surface area (Å²) in [6.07, 6.45) is 0. The second kappa shape index (κ2) is 11.3. The first-order valence-corrected chi connectivity index (χ1v) is 21.5. The Balaban J connectivity index is 1.19. The molecule has 0 N–H and O–H groups in total. The molecule has 58 heavy (non-hydrogen) atoms. The highest BCUT2D eigenvalue weighted by atomic mass is 32.1. The number of thiophene rings is 2. The standard InChI is InChI=1S/C54H30N2S2/c1-3-17-39-37(15-1)49-50(52-42-20-6-10-22-44(42)55(53(39)52)31-25-27-35-33-13-7-11-23-45(33)57-47(35)29-31)38-16-2-4-18-40(38)54-51(49)41-19-5-9-21-43(41)56(54)32-26-28-36-34-14-8-12-24-46(34)58-48(36)30-32/h1-30H. The van der Waals surface area contributed by atoms with Crippen molar-refractivity contribution in [2.75, 3.05) is 0 Å². The monoisotopic (exact) mass is 770 g/mol. The van der Waals surface area contributed by atoms with Crippen LogP contribution in [0.25, 0.3) is 128 Å². The van der Waals surface area contributed by atoms with Crippen molar-refractivity contribution in [1.29, 1.82) is 0 Å². The molecule has 0 saturated carbocycles. The van der Waals surface area contributed by atoms with Gasteiger partial charge in [0, 0.05) is 94.8 Å². The molecule has 0 atom stereocenters. The molecule has 0 radical (unpaired) electrons. The van der Waals surface area contributed by atoms with E-state index in [-0.39, 0.29) is 0 Å². The van der Waals surface area contributed by atoms with Crippen molar-refractivity contribution in [2.45, 2.75) is 0 Å². The van der Waals surface area contributed by atoms with Gasteiger partial charge in [0.05, 0.1) is 22.1 Å². The minimum atomic E-state index is 1.19. The molecule has 0 saturated heterocycles. The zero-order valence-corrected chi connectivity index (χ0v) is 32.7. The van der Waals surface area contributed by atoms with E-state index >= 15 is 0 Å². The molecule has 4 heterocycles. The smallest absolute Gasteiger partial charge is 0.0626 e. The molecule has 0 aliphatic rings. The summed E-state index contributed by atoms with van der Waals surface area (Å²) in [7, 11) is 0. The van der Waals surface area contributed by atoms with Gasteiger partial charge in [0.15, 0.2) is 0 Å². The quantitative estimate of drug-likeness (QED) is 0.155. The zero-order valence-electron chi connectivity index (χ0n) is 31.0. The Hall–Kier alpha value is -6.98. The van der Waals surface area contributed by atoms with Gasteiger partial charge in [-0.25, -0.2) is 0 Å². The van der Waals surface area contributed by atoms with E-state index in [0.29, 0.717) is 0 Å². The van der Waals surface area contributed by atoms with Gasteiger partial charge in [0.1, 0.15) is 0 Å². The van der Waals surface area contributed by atoms with Gasteiger partial charge < -0.3 is 9.13 Å². The molecule has 0 spiro atoms. The van der Waals surface area contributed by atoms with Crippen LogP contribution >= 0.6 is 22.7 Å². The molecule has 268 valence electrons. The van der Waals surface area contributed by atoms with Gasteiger partial charge >= 0.3 is 0 Å². The number of hydrogen-bond donors (Lipinski definition) is 0. The highest BCUT2D eigenvalue weighted by molar-refractivity contribution is 7.26. The van der Waals surface area contributed by atoms with E-state index in [4.69, 9.17) is 0 Å². The molecule has 0 amide bonds. The molecule has 10 aromatic carbocycles. The molecule has 0 unspecified atom stereocenters. The first-order valence-electron chi connectivity index (χ1n) is 19.8. The van der Waals surface area contributed by atoms with Crippen LogP contribution in [0.5, 0.6) is 0 Å². The number of para-hydroxylation sites is 2. The van der Waals surface area contributed by atoms with Gasteiger partial charge in [-0.2, -0.15) is 0 Å². The average Bonchev–Trinajstić information content (AvgIpc) is 4.03. The number of hydrogen-bond acceptors (Lipinski definition) is 2. The summed E-state index contributed by atoms with van der Waals surface area (Å²) >= 11 is 3.76. The fourth-order valence-corrected chi connectivity index (χ4v) is 12.6. The second-order valence-electron chi connectivity index (χ2n) is 15.6. The molecular formula is C54H30N2S2. The molecular weight excluding hydrogens is 741 g/mol. The maximum absolute atomic E-state index is 2.54. The van der Waals surface area contributed by atoms with Crippen LogP contribution in [0.1, 0.15) is 0 Å². The predicted molar refractivity (Wildman–Crippen MR) is 253 cm³/mol. The number of nitrogens with zero attached hydrogens (tertiary/aromatic N) is 2. The molecule has 14 rings (SSSR count). The third-order valence-electron chi connectivity index (χ3n) is 12.6. The Bertz CT molecular complexity index is 3830. The number of benzene rings is 10. The first kappa shape index (κ1) is 31.1. The summed E-state index contributed by atoms with van der Waals surface area (Å²) in [5, 5.41) is 18.1. The van der Waals surface area contributed by atoms with Crippen molar-refractivity contribution in [3.63, 3.8) is 0 Å². The Kier molecular flexibility index (Phi) is 6.08. The van der Waals surface area contributed by atoms with E-state index in [2.05, 4.69) is 191 Å². The van der Waals surface area contributed by atoms with Crippen molar-refractivity contribution in [3.8, 4) is 11.4 Å². The van der Waals surface area contributed by atoms with Gasteiger partial charge in [-0.3, -0.25) is 0 Å². The van der Waals surface area contributed by atoms with Crippen LogP contribution in [-0.2, 0) is 0 Å². The summed E-state index contributed by atoms with van der Waals surface area (Å²) in [6.45, 7) is 0. The lowest BCUT2D eigenvalue weighted by molar-refractivity contribution is 1.19. The van der Waals surface area contributed by atoms with E-state index in [1.165, 1.54) is 128 Å². The van der Waals surface area contributed by atoms with E-state index < -0.39 is 0 Å². The second-order valence-corrected chi connectivity index (χ2v) is 17.7. The highest BCUT2D eigenvalue weighted by Crippen LogP contribution is 2.51. The third kappa shape index (κ3) is 3.96. The van der Waals surface area contributed by atoms with Crippen molar-refractivity contribution in [3.05, 3.63) is 182 Å². The van der Waals surface area contributed by atoms with Crippen LogP contribution in [0.4, 0.5) is 0 Å². The van der Waals surface area contributed by atoms with Crippen LogP contribution in [-0.4, -0.2) is 9.13 Å². The minimum Gasteiger partial charge on any atom is -0.309 e. The number of aromatic nitrogens is 2. The van der Waals surface area contributed by atoms with Gasteiger partial charge in [-0.1, -0.05) is 133 Å². The Labute approximate surface area is 339 Å². The molecule has 4 heteroatoms. The molecule has 0 fully saturated rings. The Morgan fingerprint density at radius 3 is 1.05 bits per heavy atom. The number of fused-ring (bicyclic) bond motifs is 21. The number of rotatable bonds is 2.